The zero-order valence-electron chi connectivity index (χ0n) is 12.1. The fourth-order valence-electron chi connectivity index (χ4n) is 2.92. The van der Waals surface area contributed by atoms with Crippen LogP contribution in [0.25, 0.3) is 11.1 Å². The number of hydrogen-bond donors (Lipinski definition) is 0. The van der Waals surface area contributed by atoms with Gasteiger partial charge in [0.2, 0.25) is 0 Å². The van der Waals surface area contributed by atoms with Gasteiger partial charge in [-0.2, -0.15) is 0 Å². The van der Waals surface area contributed by atoms with Crippen LogP contribution in [0, 0.1) is 0 Å². The molecule has 1 unspecified atom stereocenters. The van der Waals surface area contributed by atoms with E-state index in [4.69, 9.17) is 4.52 Å². The van der Waals surface area contributed by atoms with E-state index in [1.54, 1.807) is 0 Å². The van der Waals surface area contributed by atoms with Crippen molar-refractivity contribution < 1.29 is 4.52 Å². The van der Waals surface area contributed by atoms with E-state index >= 15 is 0 Å². The average molecular weight is 448 g/mol. The Hall–Kier alpha value is -0.990. The highest BCUT2D eigenvalue weighted by molar-refractivity contribution is 9.10. The fraction of sp³-hybridized carbons (Fsp3) is 0.0526. The molecule has 3 aromatic carbocycles. The first-order chi connectivity index (χ1) is 11.2. The fourth-order valence-corrected chi connectivity index (χ4v) is 4.51. The summed E-state index contributed by atoms with van der Waals surface area (Å²) in [6.45, 7) is 0. The Balaban J connectivity index is 1.73. The van der Waals surface area contributed by atoms with Crippen LogP contribution < -0.4 is 5.30 Å². The number of halogens is 2. The molecule has 0 fully saturated rings. The summed E-state index contributed by atoms with van der Waals surface area (Å²) in [6.07, 6.45) is -0.0199. The molecule has 3 aromatic rings. The van der Waals surface area contributed by atoms with E-state index in [1.165, 1.54) is 27.6 Å². The van der Waals surface area contributed by atoms with Gasteiger partial charge in [0.05, 0.1) is 0 Å². The van der Waals surface area contributed by atoms with Gasteiger partial charge in [0.15, 0.2) is 0 Å². The molecule has 0 aliphatic heterocycles. The molecule has 0 aromatic heterocycles. The van der Waals surface area contributed by atoms with Crippen molar-refractivity contribution >= 4 is 46.0 Å². The van der Waals surface area contributed by atoms with E-state index < -0.39 is 0 Å². The molecule has 4 heteroatoms. The van der Waals surface area contributed by atoms with E-state index in [0.29, 0.717) is 8.81 Å². The van der Waals surface area contributed by atoms with Crippen molar-refractivity contribution in [1.29, 1.82) is 0 Å². The van der Waals surface area contributed by atoms with Gasteiger partial charge in [0, 0.05) is 17.8 Å². The lowest BCUT2D eigenvalue weighted by Crippen LogP contribution is -2.01. The van der Waals surface area contributed by atoms with Crippen molar-refractivity contribution in [3.8, 4) is 11.1 Å². The normalized spacial score (nSPS) is 13.5. The van der Waals surface area contributed by atoms with E-state index in [-0.39, 0.29) is 6.10 Å². The summed E-state index contributed by atoms with van der Waals surface area (Å²) in [6, 6.07) is 23.2. The first-order valence-electron chi connectivity index (χ1n) is 7.28. The quantitative estimate of drug-likeness (QED) is 0.433. The van der Waals surface area contributed by atoms with Crippen molar-refractivity contribution in [2.24, 2.45) is 0 Å². The molecule has 0 bridgehead atoms. The van der Waals surface area contributed by atoms with E-state index in [0.717, 1.165) is 8.95 Å². The van der Waals surface area contributed by atoms with Crippen LogP contribution in [0.2, 0.25) is 0 Å². The lowest BCUT2D eigenvalue weighted by atomic mass is 10.1. The molecule has 0 saturated heterocycles. The summed E-state index contributed by atoms with van der Waals surface area (Å²) in [5, 5.41) is 1.22. The highest BCUT2D eigenvalue weighted by atomic mass is 79.9. The molecule has 0 radical (unpaired) electrons. The van der Waals surface area contributed by atoms with Crippen molar-refractivity contribution in [2.45, 2.75) is 6.10 Å². The number of hydrogen-bond acceptors (Lipinski definition) is 1. The first kappa shape index (κ1) is 15.5. The van der Waals surface area contributed by atoms with Crippen LogP contribution in [-0.2, 0) is 4.52 Å². The highest BCUT2D eigenvalue weighted by Gasteiger charge is 2.29. The van der Waals surface area contributed by atoms with Crippen LogP contribution in [0.5, 0.6) is 0 Å². The number of fused-ring (bicyclic) bond motifs is 3. The molecule has 1 atom stereocenters. The minimum atomic E-state index is -0.0199. The van der Waals surface area contributed by atoms with Gasteiger partial charge in [0.25, 0.3) is 0 Å². The number of rotatable bonds is 3. The zero-order valence-corrected chi connectivity index (χ0v) is 16.3. The molecule has 1 aliphatic rings. The van der Waals surface area contributed by atoms with Gasteiger partial charge in [-0.25, -0.2) is 0 Å². The Labute approximate surface area is 154 Å². The van der Waals surface area contributed by atoms with Crippen molar-refractivity contribution in [2.75, 3.05) is 0 Å². The van der Waals surface area contributed by atoms with Gasteiger partial charge < -0.3 is 4.52 Å². The van der Waals surface area contributed by atoms with Crippen LogP contribution in [0.1, 0.15) is 17.2 Å². The monoisotopic (exact) mass is 446 g/mol. The maximum Gasteiger partial charge on any atom is 0.113 e. The molecule has 1 nitrogen and oxygen atoms in total. The van der Waals surface area contributed by atoms with E-state index in [9.17, 15) is 0 Å². The standard InChI is InChI=1S/C19H13Br2OP/c20-12-6-8-15-16-9-7-13(21)11-18(16)19(17(15)10-12)22-23-14-4-2-1-3-5-14/h1-11,19,23H. The smallest absolute Gasteiger partial charge is 0.113 e. The molecular formula is C19H13Br2OP. The maximum absolute atomic E-state index is 6.34. The molecule has 4 rings (SSSR count). The third-order valence-corrected chi connectivity index (χ3v) is 5.86. The third kappa shape index (κ3) is 3.04. The van der Waals surface area contributed by atoms with Crippen molar-refractivity contribution in [3.05, 3.63) is 86.8 Å². The molecule has 114 valence electrons. The SMILES string of the molecule is Brc1ccc2c(c1)C(OPc1ccccc1)c1cc(Br)ccc1-2. The molecule has 0 N–H and O–H groups in total. The molecule has 0 spiro atoms. The predicted molar refractivity (Wildman–Crippen MR) is 105 cm³/mol. The minimum absolute atomic E-state index is 0.0199. The minimum Gasteiger partial charge on any atom is -0.345 e. The average Bonchev–Trinajstić information content (AvgIpc) is 2.86. The second-order valence-electron chi connectivity index (χ2n) is 5.43. The van der Waals surface area contributed by atoms with E-state index in [2.05, 4.69) is 92.5 Å². The number of benzene rings is 3. The van der Waals surface area contributed by atoms with Crippen molar-refractivity contribution in [1.82, 2.24) is 0 Å². The third-order valence-electron chi connectivity index (χ3n) is 3.95. The van der Waals surface area contributed by atoms with Gasteiger partial charge in [-0.3, -0.25) is 0 Å². The maximum atomic E-state index is 6.34. The van der Waals surface area contributed by atoms with Gasteiger partial charge in [-0.15, -0.1) is 0 Å². The van der Waals surface area contributed by atoms with Crippen LogP contribution in [0.15, 0.2) is 75.7 Å². The van der Waals surface area contributed by atoms with Gasteiger partial charge in [-0.1, -0.05) is 74.3 Å². The summed E-state index contributed by atoms with van der Waals surface area (Å²) in [4.78, 5) is 0. The Bertz CT molecular complexity index is 813. The van der Waals surface area contributed by atoms with Crippen LogP contribution in [-0.4, -0.2) is 0 Å². The van der Waals surface area contributed by atoms with Gasteiger partial charge >= 0.3 is 0 Å². The summed E-state index contributed by atoms with van der Waals surface area (Å²) < 4.78 is 8.50. The van der Waals surface area contributed by atoms with Crippen molar-refractivity contribution in [3.63, 3.8) is 0 Å². The molecule has 0 saturated carbocycles. The summed E-state index contributed by atoms with van der Waals surface area (Å²) in [5.41, 5.74) is 4.99. The topological polar surface area (TPSA) is 9.23 Å². The summed E-state index contributed by atoms with van der Waals surface area (Å²) in [7, 11) is 0.325. The molecule has 23 heavy (non-hydrogen) atoms. The first-order valence-corrected chi connectivity index (χ1v) is 9.78. The second-order valence-corrected chi connectivity index (χ2v) is 8.28. The summed E-state index contributed by atoms with van der Waals surface area (Å²) >= 11 is 7.17. The molecular weight excluding hydrogens is 435 g/mol. The lowest BCUT2D eigenvalue weighted by molar-refractivity contribution is 0.294. The highest BCUT2D eigenvalue weighted by Crippen LogP contribution is 2.49. The Morgan fingerprint density at radius 1 is 0.739 bits per heavy atom. The summed E-state index contributed by atoms with van der Waals surface area (Å²) in [5.74, 6) is 0. The zero-order chi connectivity index (χ0) is 15.8. The van der Waals surface area contributed by atoms with Crippen LogP contribution in [0.3, 0.4) is 0 Å². The van der Waals surface area contributed by atoms with Crippen LogP contribution in [0.4, 0.5) is 0 Å². The van der Waals surface area contributed by atoms with Gasteiger partial charge in [0.1, 0.15) is 6.10 Å². The van der Waals surface area contributed by atoms with Gasteiger partial charge in [-0.05, 0) is 51.8 Å². The molecule has 0 heterocycles. The Kier molecular flexibility index (Phi) is 4.38. The van der Waals surface area contributed by atoms with E-state index in [1.807, 2.05) is 6.07 Å². The largest absolute Gasteiger partial charge is 0.345 e. The predicted octanol–water partition coefficient (Wildman–Crippen LogP) is 6.22. The Morgan fingerprint density at radius 2 is 1.30 bits per heavy atom. The second kappa shape index (κ2) is 6.49. The Morgan fingerprint density at radius 3 is 1.87 bits per heavy atom. The lowest BCUT2D eigenvalue weighted by Gasteiger charge is -2.15. The van der Waals surface area contributed by atoms with Crippen LogP contribution >= 0.6 is 40.7 Å². The molecule has 0 amide bonds. The molecule has 1 aliphatic carbocycles.